The van der Waals surface area contributed by atoms with Crippen molar-refractivity contribution in [3.63, 3.8) is 0 Å². The van der Waals surface area contributed by atoms with Gasteiger partial charge in [-0.2, -0.15) is 5.10 Å². The van der Waals surface area contributed by atoms with Crippen LogP contribution in [-0.4, -0.2) is 33.2 Å². The number of nitrogens with zero attached hydrogens (tertiary/aromatic N) is 3. The molecule has 0 spiro atoms. The van der Waals surface area contributed by atoms with Crippen LogP contribution < -0.4 is 5.32 Å². The van der Waals surface area contributed by atoms with E-state index >= 15 is 0 Å². The van der Waals surface area contributed by atoms with Crippen LogP contribution in [-0.2, 0) is 9.53 Å². The molecule has 2 heterocycles. The third kappa shape index (κ3) is 4.46. The van der Waals surface area contributed by atoms with Crippen molar-refractivity contribution in [2.75, 3.05) is 6.61 Å². The average Bonchev–Trinajstić information content (AvgIpc) is 3.24. The van der Waals surface area contributed by atoms with Gasteiger partial charge in [0.15, 0.2) is 10.5 Å². The summed E-state index contributed by atoms with van der Waals surface area (Å²) in [5, 5.41) is 8.62. The molecule has 1 atom stereocenters. The van der Waals surface area contributed by atoms with Gasteiger partial charge >= 0.3 is 5.97 Å². The summed E-state index contributed by atoms with van der Waals surface area (Å²) in [7, 11) is 0. The van der Waals surface area contributed by atoms with E-state index in [2.05, 4.69) is 15.4 Å². The van der Waals surface area contributed by atoms with E-state index in [0.717, 1.165) is 11.3 Å². The molecule has 3 rings (SSSR count). The van der Waals surface area contributed by atoms with Crippen molar-refractivity contribution >= 4 is 34.8 Å². The largest absolute Gasteiger partial charge is 0.464 e. The van der Waals surface area contributed by atoms with Gasteiger partial charge < -0.3 is 10.1 Å². The molecule has 0 aliphatic carbocycles. The molecule has 152 valence electrons. The second kappa shape index (κ2) is 8.71. The van der Waals surface area contributed by atoms with Crippen LogP contribution >= 0.6 is 22.9 Å². The van der Waals surface area contributed by atoms with Gasteiger partial charge in [-0.25, -0.2) is 18.9 Å². The van der Waals surface area contributed by atoms with Gasteiger partial charge in [-0.1, -0.05) is 11.6 Å². The summed E-state index contributed by atoms with van der Waals surface area (Å²) in [6, 6.07) is 4.71. The van der Waals surface area contributed by atoms with Crippen molar-refractivity contribution < 1.29 is 18.7 Å². The van der Waals surface area contributed by atoms with Crippen molar-refractivity contribution in [3.05, 3.63) is 62.6 Å². The van der Waals surface area contributed by atoms with Crippen molar-refractivity contribution in [1.82, 2.24) is 20.1 Å². The quantitative estimate of drug-likeness (QED) is 0.594. The number of ether oxygens (including phenoxy) is 1. The molecular formula is C19H18ClFN4O3S. The lowest BCUT2D eigenvalue weighted by molar-refractivity contribution is -0.145. The molecule has 0 saturated carbocycles. The molecule has 0 radical (unpaired) electrons. The number of esters is 1. The lowest BCUT2D eigenvalue weighted by atomic mass is 10.0. The zero-order valence-electron chi connectivity index (χ0n) is 15.9. The number of benzene rings is 1. The van der Waals surface area contributed by atoms with Crippen LogP contribution in [0.15, 0.2) is 29.6 Å². The maximum absolute atomic E-state index is 13.3. The number of hydrogen-bond acceptors (Lipinski definition) is 6. The van der Waals surface area contributed by atoms with E-state index in [4.69, 9.17) is 16.3 Å². The highest BCUT2D eigenvalue weighted by Crippen LogP contribution is 2.26. The summed E-state index contributed by atoms with van der Waals surface area (Å²) in [4.78, 5) is 29.2. The Morgan fingerprint density at radius 1 is 1.31 bits per heavy atom. The van der Waals surface area contributed by atoms with Gasteiger partial charge in [0.1, 0.15) is 11.5 Å². The molecule has 0 fully saturated rings. The molecule has 0 saturated heterocycles. The minimum Gasteiger partial charge on any atom is -0.464 e. The molecule has 1 unspecified atom stereocenters. The van der Waals surface area contributed by atoms with Crippen LogP contribution in [0, 0.1) is 19.7 Å². The van der Waals surface area contributed by atoms with Gasteiger partial charge in [0.2, 0.25) is 0 Å². The Labute approximate surface area is 175 Å². The lowest BCUT2D eigenvalue weighted by Crippen LogP contribution is -2.35. The van der Waals surface area contributed by atoms with Crippen molar-refractivity contribution in [2.45, 2.75) is 26.8 Å². The molecule has 7 nitrogen and oxygen atoms in total. The highest BCUT2D eigenvalue weighted by Gasteiger charge is 2.31. The summed E-state index contributed by atoms with van der Waals surface area (Å²) >= 11 is 6.91. The summed E-state index contributed by atoms with van der Waals surface area (Å²) in [5.74, 6) is -1.54. The molecular weight excluding hydrogens is 419 g/mol. The SMILES string of the molecule is CCOC(=O)C(NC(=O)c1csc(Cl)n1)c1c(C)nn(-c2ccc(F)cc2)c1C. The predicted molar refractivity (Wildman–Crippen MR) is 107 cm³/mol. The van der Waals surface area contributed by atoms with Gasteiger partial charge in [0.05, 0.1) is 18.0 Å². The minimum absolute atomic E-state index is 0.107. The fraction of sp³-hybridized carbons (Fsp3) is 0.263. The summed E-state index contributed by atoms with van der Waals surface area (Å²) in [5.41, 5.74) is 2.38. The Morgan fingerprint density at radius 3 is 2.59 bits per heavy atom. The van der Waals surface area contributed by atoms with Gasteiger partial charge in [-0.3, -0.25) is 4.79 Å². The number of nitrogens with one attached hydrogen (secondary N) is 1. The summed E-state index contributed by atoms with van der Waals surface area (Å²) < 4.78 is 20.2. The molecule has 10 heteroatoms. The third-order valence-electron chi connectivity index (χ3n) is 4.21. The number of rotatable bonds is 6. The first-order valence-corrected chi connectivity index (χ1v) is 9.98. The first-order valence-electron chi connectivity index (χ1n) is 8.72. The minimum atomic E-state index is -1.09. The second-order valence-corrected chi connectivity index (χ2v) is 7.56. The average molecular weight is 437 g/mol. The number of carbonyl (C=O) groups excluding carboxylic acids is 2. The standard InChI is InChI=1S/C19H18ClFN4O3S/c1-4-28-18(27)16(23-17(26)14-9-29-19(20)22-14)15-10(2)24-25(11(15)3)13-7-5-12(21)6-8-13/h5-9,16H,4H2,1-3H3,(H,23,26). The predicted octanol–water partition coefficient (Wildman–Crippen LogP) is 3.77. The Kier molecular flexibility index (Phi) is 6.29. The number of aryl methyl sites for hydroxylation is 1. The Morgan fingerprint density at radius 2 is 2.00 bits per heavy atom. The van der Waals surface area contributed by atoms with E-state index in [1.165, 1.54) is 17.5 Å². The van der Waals surface area contributed by atoms with Crippen molar-refractivity contribution in [3.8, 4) is 5.69 Å². The molecule has 3 aromatic rings. The first-order chi connectivity index (χ1) is 13.8. The van der Waals surface area contributed by atoms with Crippen LogP contribution in [0.4, 0.5) is 4.39 Å². The van der Waals surface area contributed by atoms with Gasteiger partial charge in [0, 0.05) is 16.6 Å². The van der Waals surface area contributed by atoms with Crippen LogP contribution in [0.2, 0.25) is 4.47 Å². The number of hydrogen-bond donors (Lipinski definition) is 1. The van der Waals surface area contributed by atoms with E-state index in [1.807, 2.05) is 0 Å². The van der Waals surface area contributed by atoms with E-state index in [0.29, 0.717) is 22.6 Å². The lowest BCUT2D eigenvalue weighted by Gasteiger charge is -2.18. The maximum atomic E-state index is 13.3. The highest BCUT2D eigenvalue weighted by atomic mass is 35.5. The van der Waals surface area contributed by atoms with Crippen molar-refractivity contribution in [2.24, 2.45) is 0 Å². The zero-order chi connectivity index (χ0) is 21.1. The van der Waals surface area contributed by atoms with Gasteiger partial charge in [0.25, 0.3) is 5.91 Å². The topological polar surface area (TPSA) is 86.1 Å². The fourth-order valence-electron chi connectivity index (χ4n) is 2.94. The molecule has 1 N–H and O–H groups in total. The normalized spacial score (nSPS) is 11.9. The number of halogens is 2. The van der Waals surface area contributed by atoms with Crippen LogP contribution in [0.1, 0.15) is 40.4 Å². The zero-order valence-corrected chi connectivity index (χ0v) is 17.5. The summed E-state index contributed by atoms with van der Waals surface area (Å²) in [6.07, 6.45) is 0. The van der Waals surface area contributed by atoms with Crippen molar-refractivity contribution in [1.29, 1.82) is 0 Å². The smallest absolute Gasteiger partial charge is 0.333 e. The first kappa shape index (κ1) is 20.9. The molecule has 0 aliphatic heterocycles. The fourth-order valence-corrected chi connectivity index (χ4v) is 3.69. The van der Waals surface area contributed by atoms with Crippen LogP contribution in [0.25, 0.3) is 5.69 Å². The second-order valence-electron chi connectivity index (χ2n) is 6.12. The molecule has 0 aliphatic rings. The Hall–Kier alpha value is -2.78. The Balaban J connectivity index is 2.00. The maximum Gasteiger partial charge on any atom is 0.333 e. The van der Waals surface area contributed by atoms with E-state index in [1.54, 1.807) is 37.6 Å². The molecule has 2 aromatic heterocycles. The van der Waals surface area contributed by atoms with Gasteiger partial charge in [-0.05, 0) is 45.0 Å². The molecule has 29 heavy (non-hydrogen) atoms. The number of aromatic nitrogens is 3. The third-order valence-corrected chi connectivity index (χ3v) is 5.19. The van der Waals surface area contributed by atoms with E-state index in [9.17, 15) is 14.0 Å². The van der Waals surface area contributed by atoms with Gasteiger partial charge in [-0.15, -0.1) is 11.3 Å². The molecule has 1 amide bonds. The number of thiazole rings is 1. The monoisotopic (exact) mass is 436 g/mol. The Bertz CT molecular complexity index is 1050. The van der Waals surface area contributed by atoms with E-state index < -0.39 is 17.9 Å². The molecule has 0 bridgehead atoms. The van der Waals surface area contributed by atoms with E-state index in [-0.39, 0.29) is 22.6 Å². The molecule has 1 aromatic carbocycles. The highest BCUT2D eigenvalue weighted by molar-refractivity contribution is 7.14. The van der Waals surface area contributed by atoms with Crippen LogP contribution in [0.3, 0.4) is 0 Å². The van der Waals surface area contributed by atoms with Crippen LogP contribution in [0.5, 0.6) is 0 Å². The number of amides is 1. The number of carbonyl (C=O) groups is 2. The summed E-state index contributed by atoms with van der Waals surface area (Å²) in [6.45, 7) is 5.31.